The highest BCUT2D eigenvalue weighted by Crippen LogP contribution is 2.21. The zero-order valence-corrected chi connectivity index (χ0v) is 25.5. The number of carbonyl (C=O) groups is 2. The minimum atomic E-state index is -3.54. The molecule has 0 bridgehead atoms. The van der Waals surface area contributed by atoms with E-state index in [1.807, 2.05) is 80.6 Å². The van der Waals surface area contributed by atoms with Crippen LogP contribution in [-0.2, 0) is 32.6 Å². The molecule has 0 aliphatic carbocycles. The lowest BCUT2D eigenvalue weighted by molar-refractivity contribution is -0.141. The lowest BCUT2D eigenvalue weighted by Crippen LogP contribution is -2.50. The van der Waals surface area contributed by atoms with E-state index in [1.165, 1.54) is 10.6 Å². The van der Waals surface area contributed by atoms with E-state index in [4.69, 9.17) is 0 Å². The molecule has 8 heteroatoms. The second-order valence-electron chi connectivity index (χ2n) is 10.6. The van der Waals surface area contributed by atoms with Crippen molar-refractivity contribution in [2.45, 2.75) is 65.5 Å². The first-order valence-corrected chi connectivity index (χ1v) is 16.1. The van der Waals surface area contributed by atoms with Crippen LogP contribution in [0.25, 0.3) is 0 Å². The van der Waals surface area contributed by atoms with Gasteiger partial charge in [-0.05, 0) is 49.9 Å². The number of hydrogen-bond acceptors (Lipinski definition) is 4. The SMILES string of the molecule is CCCCNC(=O)C(Cc1ccccc1)N(Cc1ccc(C)cc1)C(=O)CCCN(c1ccc(C)cc1)S(C)(=O)=O. The molecule has 41 heavy (non-hydrogen) atoms. The van der Waals surface area contributed by atoms with Gasteiger partial charge in [0.2, 0.25) is 21.8 Å². The van der Waals surface area contributed by atoms with Crippen LogP contribution in [0, 0.1) is 13.8 Å². The second kappa shape index (κ2) is 15.4. The van der Waals surface area contributed by atoms with Crippen LogP contribution >= 0.6 is 0 Å². The van der Waals surface area contributed by atoms with Crippen LogP contribution < -0.4 is 9.62 Å². The molecule has 0 aliphatic rings. The predicted octanol–water partition coefficient (Wildman–Crippen LogP) is 5.41. The molecule has 3 rings (SSSR count). The molecule has 0 heterocycles. The van der Waals surface area contributed by atoms with Gasteiger partial charge in [-0.25, -0.2) is 8.42 Å². The quantitative estimate of drug-likeness (QED) is 0.245. The normalized spacial score (nSPS) is 12.0. The summed E-state index contributed by atoms with van der Waals surface area (Å²) in [5.41, 5.74) is 4.61. The van der Waals surface area contributed by atoms with E-state index in [0.29, 0.717) is 25.1 Å². The fourth-order valence-corrected chi connectivity index (χ4v) is 5.63. The molecule has 3 aromatic rings. The predicted molar refractivity (Wildman–Crippen MR) is 166 cm³/mol. The molecule has 220 valence electrons. The molecule has 0 saturated carbocycles. The highest BCUT2D eigenvalue weighted by atomic mass is 32.2. The van der Waals surface area contributed by atoms with Gasteiger partial charge in [0.15, 0.2) is 0 Å². The maximum Gasteiger partial charge on any atom is 0.243 e. The summed E-state index contributed by atoms with van der Waals surface area (Å²) in [6.07, 6.45) is 3.80. The van der Waals surface area contributed by atoms with Gasteiger partial charge in [0.1, 0.15) is 6.04 Å². The first-order chi connectivity index (χ1) is 19.6. The minimum Gasteiger partial charge on any atom is -0.354 e. The second-order valence-corrected chi connectivity index (χ2v) is 12.5. The van der Waals surface area contributed by atoms with Crippen LogP contribution in [0.1, 0.15) is 54.9 Å². The van der Waals surface area contributed by atoms with E-state index in [-0.39, 0.29) is 31.3 Å². The third kappa shape index (κ3) is 10.0. The summed E-state index contributed by atoms with van der Waals surface area (Å²) in [7, 11) is -3.54. The molecule has 0 radical (unpaired) electrons. The zero-order chi connectivity index (χ0) is 29.8. The van der Waals surface area contributed by atoms with E-state index in [2.05, 4.69) is 12.2 Å². The van der Waals surface area contributed by atoms with Gasteiger partial charge in [0, 0.05) is 32.5 Å². The highest BCUT2D eigenvalue weighted by molar-refractivity contribution is 7.92. The number of anilines is 1. The van der Waals surface area contributed by atoms with Gasteiger partial charge in [-0.15, -0.1) is 0 Å². The van der Waals surface area contributed by atoms with Crippen molar-refractivity contribution in [2.75, 3.05) is 23.7 Å². The number of sulfonamides is 1. The standard InChI is InChI=1S/C33H43N3O4S/c1-5-6-22-34-33(38)31(24-28-11-8-7-9-12-28)35(25-29-18-14-26(2)15-19-29)32(37)13-10-23-36(41(4,39)40)30-20-16-27(3)17-21-30/h7-9,11-12,14-21,31H,5-6,10,13,22-25H2,1-4H3,(H,34,38). The Labute approximate surface area is 245 Å². The Kier molecular flexibility index (Phi) is 12.0. The van der Waals surface area contributed by atoms with Crippen LogP contribution in [0.2, 0.25) is 0 Å². The average Bonchev–Trinajstić information content (AvgIpc) is 2.94. The Morgan fingerprint density at radius 1 is 0.829 bits per heavy atom. The molecule has 1 atom stereocenters. The Balaban J connectivity index is 1.86. The smallest absolute Gasteiger partial charge is 0.243 e. The van der Waals surface area contributed by atoms with Gasteiger partial charge in [-0.2, -0.15) is 0 Å². The Morgan fingerprint density at radius 3 is 2.02 bits per heavy atom. The highest BCUT2D eigenvalue weighted by Gasteiger charge is 2.30. The topological polar surface area (TPSA) is 86.8 Å². The van der Waals surface area contributed by atoms with E-state index in [9.17, 15) is 18.0 Å². The third-order valence-corrected chi connectivity index (χ3v) is 8.24. The summed E-state index contributed by atoms with van der Waals surface area (Å²) in [6.45, 7) is 7.02. The number of rotatable bonds is 15. The molecular weight excluding hydrogens is 534 g/mol. The largest absolute Gasteiger partial charge is 0.354 e. The number of nitrogens with one attached hydrogen (secondary N) is 1. The van der Waals surface area contributed by atoms with Crippen molar-refractivity contribution in [3.8, 4) is 0 Å². The Bertz CT molecular complexity index is 1360. The van der Waals surface area contributed by atoms with Crippen molar-refractivity contribution in [1.82, 2.24) is 10.2 Å². The summed E-state index contributed by atoms with van der Waals surface area (Å²) in [5, 5.41) is 3.03. The van der Waals surface area contributed by atoms with Crippen LogP contribution in [0.5, 0.6) is 0 Å². The number of carbonyl (C=O) groups excluding carboxylic acids is 2. The maximum atomic E-state index is 13.9. The molecule has 3 aromatic carbocycles. The lowest BCUT2D eigenvalue weighted by Gasteiger charge is -2.32. The molecule has 0 aliphatic heterocycles. The number of hydrogen-bond donors (Lipinski definition) is 1. The molecule has 2 amide bonds. The summed E-state index contributed by atoms with van der Waals surface area (Å²) in [6, 6.07) is 24.3. The number of benzene rings is 3. The van der Waals surface area contributed by atoms with Crippen LogP contribution in [0.3, 0.4) is 0 Å². The van der Waals surface area contributed by atoms with Crippen molar-refractivity contribution in [1.29, 1.82) is 0 Å². The molecule has 0 fully saturated rings. The average molecular weight is 578 g/mol. The van der Waals surface area contributed by atoms with Gasteiger partial charge < -0.3 is 10.2 Å². The number of nitrogens with zero attached hydrogens (tertiary/aromatic N) is 2. The summed E-state index contributed by atoms with van der Waals surface area (Å²) in [4.78, 5) is 29.1. The van der Waals surface area contributed by atoms with Crippen LogP contribution in [0.4, 0.5) is 5.69 Å². The van der Waals surface area contributed by atoms with Crippen molar-refractivity contribution in [3.05, 3.63) is 101 Å². The van der Waals surface area contributed by atoms with Crippen molar-refractivity contribution in [3.63, 3.8) is 0 Å². The lowest BCUT2D eigenvalue weighted by atomic mass is 10.0. The van der Waals surface area contributed by atoms with Crippen molar-refractivity contribution in [2.24, 2.45) is 0 Å². The maximum absolute atomic E-state index is 13.9. The van der Waals surface area contributed by atoms with Gasteiger partial charge in [-0.1, -0.05) is 91.2 Å². The summed E-state index contributed by atoms with van der Waals surface area (Å²) < 4.78 is 26.5. The monoisotopic (exact) mass is 577 g/mol. The van der Waals surface area contributed by atoms with Crippen molar-refractivity contribution < 1.29 is 18.0 Å². The van der Waals surface area contributed by atoms with Gasteiger partial charge in [-0.3, -0.25) is 13.9 Å². The zero-order valence-electron chi connectivity index (χ0n) is 24.7. The molecule has 0 saturated heterocycles. The van der Waals surface area contributed by atoms with E-state index < -0.39 is 16.1 Å². The summed E-state index contributed by atoms with van der Waals surface area (Å²) in [5.74, 6) is -0.366. The van der Waals surface area contributed by atoms with Crippen molar-refractivity contribution >= 4 is 27.5 Å². The number of unbranched alkanes of at least 4 members (excludes halogenated alkanes) is 1. The van der Waals surface area contributed by atoms with E-state index in [0.717, 1.165) is 35.1 Å². The molecule has 0 spiro atoms. The first kappa shape index (κ1) is 31.9. The van der Waals surface area contributed by atoms with Crippen LogP contribution in [0.15, 0.2) is 78.9 Å². The minimum absolute atomic E-state index is 0.108. The molecule has 1 N–H and O–H groups in total. The summed E-state index contributed by atoms with van der Waals surface area (Å²) >= 11 is 0. The molecule has 0 aromatic heterocycles. The third-order valence-electron chi connectivity index (χ3n) is 7.05. The van der Waals surface area contributed by atoms with E-state index >= 15 is 0 Å². The van der Waals surface area contributed by atoms with Gasteiger partial charge in [0.05, 0.1) is 11.9 Å². The fourth-order valence-electron chi connectivity index (χ4n) is 4.67. The Morgan fingerprint density at radius 2 is 1.44 bits per heavy atom. The Hall–Kier alpha value is -3.65. The first-order valence-electron chi connectivity index (χ1n) is 14.3. The molecular formula is C33H43N3O4S. The number of aryl methyl sites for hydroxylation is 2. The van der Waals surface area contributed by atoms with E-state index in [1.54, 1.807) is 17.0 Å². The van der Waals surface area contributed by atoms with Crippen LogP contribution in [-0.4, -0.2) is 50.5 Å². The van der Waals surface area contributed by atoms with Gasteiger partial charge >= 0.3 is 0 Å². The molecule has 7 nitrogen and oxygen atoms in total. The fraction of sp³-hybridized carbons (Fsp3) is 0.394. The number of amides is 2. The molecule has 1 unspecified atom stereocenters. The van der Waals surface area contributed by atoms with Gasteiger partial charge in [0.25, 0.3) is 0 Å².